The minimum absolute atomic E-state index is 0.173. The van der Waals surface area contributed by atoms with Crippen molar-refractivity contribution < 1.29 is 19.1 Å². The van der Waals surface area contributed by atoms with E-state index in [1.54, 1.807) is 18.2 Å². The summed E-state index contributed by atoms with van der Waals surface area (Å²) in [4.78, 5) is 27.9. The second-order valence-electron chi connectivity index (χ2n) is 5.29. The van der Waals surface area contributed by atoms with E-state index >= 15 is 0 Å². The van der Waals surface area contributed by atoms with Crippen LogP contribution in [0.4, 0.5) is 5.69 Å². The van der Waals surface area contributed by atoms with Gasteiger partial charge >= 0.3 is 5.97 Å². The van der Waals surface area contributed by atoms with Crippen LogP contribution in [0.15, 0.2) is 72.9 Å². The molecule has 0 radical (unpaired) electrons. The van der Waals surface area contributed by atoms with Crippen LogP contribution in [0.25, 0.3) is 0 Å². The molecule has 0 saturated heterocycles. The Morgan fingerprint density at radius 3 is 2.35 bits per heavy atom. The number of anilines is 1. The summed E-state index contributed by atoms with van der Waals surface area (Å²) in [5.74, 6) is 0.254. The van der Waals surface area contributed by atoms with Crippen LogP contribution < -0.4 is 10.1 Å². The van der Waals surface area contributed by atoms with E-state index < -0.39 is 11.9 Å². The predicted octanol–water partition coefficient (Wildman–Crippen LogP) is 3.91. The number of esters is 1. The summed E-state index contributed by atoms with van der Waals surface area (Å²) in [7, 11) is 1.28. The molecule has 0 fully saturated rings. The number of carbonyl (C=O) groups is 2. The van der Waals surface area contributed by atoms with Gasteiger partial charge in [0.2, 0.25) is 0 Å². The van der Waals surface area contributed by atoms with Crippen molar-refractivity contribution in [2.24, 2.45) is 0 Å². The summed E-state index contributed by atoms with van der Waals surface area (Å²) in [5, 5.41) is 2.77. The van der Waals surface area contributed by atoms with E-state index in [4.69, 9.17) is 4.74 Å². The number of hydrogen-bond acceptors (Lipinski definition) is 5. The van der Waals surface area contributed by atoms with Crippen molar-refractivity contribution in [1.29, 1.82) is 0 Å². The quantitative estimate of drug-likeness (QED) is 0.707. The summed E-state index contributed by atoms with van der Waals surface area (Å²) in [6.45, 7) is 0. The van der Waals surface area contributed by atoms with E-state index in [2.05, 4.69) is 15.0 Å². The average Bonchev–Trinajstić information content (AvgIpc) is 2.69. The minimum Gasteiger partial charge on any atom is -0.465 e. The number of nitrogens with one attached hydrogen (secondary N) is 1. The standard InChI is InChI=1S/C20H16N2O4/c1-25-20(24)14-11-12-17(21-13-14)19(23)22-16-9-5-6-10-18(16)26-15-7-3-2-4-8-15/h2-13H,1H3,(H,22,23). The Labute approximate surface area is 150 Å². The van der Waals surface area contributed by atoms with Crippen molar-refractivity contribution in [2.45, 2.75) is 0 Å². The van der Waals surface area contributed by atoms with Crippen LogP contribution in [0.5, 0.6) is 11.5 Å². The summed E-state index contributed by atoms with van der Waals surface area (Å²) in [6.07, 6.45) is 1.30. The number of carbonyl (C=O) groups excluding carboxylic acids is 2. The van der Waals surface area contributed by atoms with Crippen molar-refractivity contribution in [3.63, 3.8) is 0 Å². The van der Waals surface area contributed by atoms with Crippen LogP contribution in [0.2, 0.25) is 0 Å². The number of ether oxygens (including phenoxy) is 2. The number of methoxy groups -OCH3 is 1. The molecule has 3 rings (SSSR count). The fourth-order valence-electron chi connectivity index (χ4n) is 2.23. The maximum atomic E-state index is 12.4. The number of hydrogen-bond donors (Lipinski definition) is 1. The van der Waals surface area contributed by atoms with Crippen LogP contribution in [0.3, 0.4) is 0 Å². The molecule has 1 aromatic heterocycles. The van der Waals surface area contributed by atoms with E-state index in [9.17, 15) is 9.59 Å². The molecule has 130 valence electrons. The molecule has 0 saturated carbocycles. The number of nitrogens with zero attached hydrogens (tertiary/aromatic N) is 1. The Kier molecular flexibility index (Phi) is 5.24. The zero-order chi connectivity index (χ0) is 18.4. The lowest BCUT2D eigenvalue weighted by atomic mass is 10.2. The van der Waals surface area contributed by atoms with Crippen LogP contribution in [0, 0.1) is 0 Å². The first-order chi connectivity index (χ1) is 12.7. The molecule has 0 aliphatic heterocycles. The molecule has 6 heteroatoms. The Morgan fingerprint density at radius 1 is 0.923 bits per heavy atom. The van der Waals surface area contributed by atoms with Gasteiger partial charge in [0.25, 0.3) is 5.91 Å². The first-order valence-corrected chi connectivity index (χ1v) is 7.85. The van der Waals surface area contributed by atoms with Gasteiger partial charge in [-0.1, -0.05) is 30.3 Å². The zero-order valence-corrected chi connectivity index (χ0v) is 14.0. The van der Waals surface area contributed by atoms with Gasteiger partial charge in [-0.3, -0.25) is 9.78 Å². The predicted molar refractivity (Wildman–Crippen MR) is 96.5 cm³/mol. The molecule has 0 aliphatic carbocycles. The van der Waals surface area contributed by atoms with Crippen molar-refractivity contribution >= 4 is 17.6 Å². The highest BCUT2D eigenvalue weighted by atomic mass is 16.5. The van der Waals surface area contributed by atoms with Gasteiger partial charge in [-0.25, -0.2) is 4.79 Å². The Morgan fingerprint density at radius 2 is 1.65 bits per heavy atom. The number of aromatic nitrogens is 1. The number of pyridine rings is 1. The molecule has 2 aromatic carbocycles. The fraction of sp³-hybridized carbons (Fsp3) is 0.0500. The molecule has 0 bridgehead atoms. The third-order valence-corrected chi connectivity index (χ3v) is 3.52. The first kappa shape index (κ1) is 17.2. The van der Waals surface area contributed by atoms with Gasteiger partial charge in [0, 0.05) is 6.20 Å². The lowest BCUT2D eigenvalue weighted by molar-refractivity contribution is 0.0600. The molecule has 1 N–H and O–H groups in total. The maximum absolute atomic E-state index is 12.4. The number of benzene rings is 2. The molecule has 0 aliphatic rings. The van der Waals surface area contributed by atoms with Gasteiger partial charge in [0.1, 0.15) is 11.4 Å². The number of para-hydroxylation sites is 3. The van der Waals surface area contributed by atoms with E-state index in [1.165, 1.54) is 25.4 Å². The van der Waals surface area contributed by atoms with Crippen molar-refractivity contribution in [3.8, 4) is 11.5 Å². The van der Waals surface area contributed by atoms with Crippen LogP contribution in [-0.2, 0) is 4.74 Å². The SMILES string of the molecule is COC(=O)c1ccc(C(=O)Nc2ccccc2Oc2ccccc2)nc1. The molecule has 1 amide bonds. The summed E-state index contributed by atoms with van der Waals surface area (Å²) < 4.78 is 10.4. The molecule has 0 unspecified atom stereocenters. The molecule has 1 heterocycles. The van der Waals surface area contributed by atoms with Gasteiger partial charge in [-0.05, 0) is 36.4 Å². The molecular weight excluding hydrogens is 332 g/mol. The van der Waals surface area contributed by atoms with Crippen LogP contribution in [-0.4, -0.2) is 24.0 Å². The van der Waals surface area contributed by atoms with Crippen molar-refractivity contribution in [3.05, 3.63) is 84.2 Å². The lowest BCUT2D eigenvalue weighted by Crippen LogP contribution is -2.14. The van der Waals surface area contributed by atoms with Crippen LogP contribution >= 0.6 is 0 Å². The number of amides is 1. The monoisotopic (exact) mass is 348 g/mol. The van der Waals surface area contributed by atoms with Crippen molar-refractivity contribution in [2.75, 3.05) is 12.4 Å². The molecule has 0 atom stereocenters. The van der Waals surface area contributed by atoms with Crippen molar-refractivity contribution in [1.82, 2.24) is 4.98 Å². The smallest absolute Gasteiger partial charge is 0.339 e. The van der Waals surface area contributed by atoms with Gasteiger partial charge in [-0.15, -0.1) is 0 Å². The van der Waals surface area contributed by atoms with E-state index in [-0.39, 0.29) is 11.3 Å². The second kappa shape index (κ2) is 7.94. The summed E-state index contributed by atoms with van der Waals surface area (Å²) >= 11 is 0. The Balaban J connectivity index is 1.76. The molecular formula is C20H16N2O4. The first-order valence-electron chi connectivity index (χ1n) is 7.85. The maximum Gasteiger partial charge on any atom is 0.339 e. The highest BCUT2D eigenvalue weighted by Gasteiger charge is 2.13. The van der Waals surface area contributed by atoms with Gasteiger partial charge in [0.05, 0.1) is 18.4 Å². The van der Waals surface area contributed by atoms with Gasteiger partial charge in [-0.2, -0.15) is 0 Å². The highest BCUT2D eigenvalue weighted by Crippen LogP contribution is 2.29. The minimum atomic E-state index is -0.508. The highest BCUT2D eigenvalue weighted by molar-refractivity contribution is 6.04. The fourth-order valence-corrected chi connectivity index (χ4v) is 2.23. The largest absolute Gasteiger partial charge is 0.465 e. The molecule has 0 spiro atoms. The third kappa shape index (κ3) is 4.05. The Hall–Kier alpha value is -3.67. The normalized spacial score (nSPS) is 10.0. The molecule has 3 aromatic rings. The molecule has 6 nitrogen and oxygen atoms in total. The van der Waals surface area contributed by atoms with E-state index in [0.717, 1.165) is 0 Å². The van der Waals surface area contributed by atoms with E-state index in [0.29, 0.717) is 17.2 Å². The second-order valence-corrected chi connectivity index (χ2v) is 5.29. The molecule has 26 heavy (non-hydrogen) atoms. The third-order valence-electron chi connectivity index (χ3n) is 3.52. The summed E-state index contributed by atoms with van der Waals surface area (Å²) in [5.41, 5.74) is 0.962. The zero-order valence-electron chi connectivity index (χ0n) is 14.0. The average molecular weight is 348 g/mol. The lowest BCUT2D eigenvalue weighted by Gasteiger charge is -2.12. The van der Waals surface area contributed by atoms with E-state index in [1.807, 2.05) is 36.4 Å². The van der Waals surface area contributed by atoms with Crippen LogP contribution in [0.1, 0.15) is 20.8 Å². The van der Waals surface area contributed by atoms with Gasteiger partial charge in [0.15, 0.2) is 5.75 Å². The van der Waals surface area contributed by atoms with Gasteiger partial charge < -0.3 is 14.8 Å². The number of rotatable bonds is 5. The Bertz CT molecular complexity index is 909. The summed E-state index contributed by atoms with van der Waals surface area (Å²) in [6, 6.07) is 19.3. The topological polar surface area (TPSA) is 77.5 Å².